The first kappa shape index (κ1) is 30.9. The van der Waals surface area contributed by atoms with E-state index in [1.54, 1.807) is 13.8 Å². The molecule has 0 N–H and O–H groups in total. The Balaban J connectivity index is 0.00000341. The Morgan fingerprint density at radius 2 is 1.06 bits per heavy atom. The van der Waals surface area contributed by atoms with Crippen LogP contribution in [0.25, 0.3) is 0 Å². The molecule has 0 radical (unpaired) electrons. The van der Waals surface area contributed by atoms with Crippen molar-refractivity contribution in [1.82, 2.24) is 4.98 Å². The molecule has 0 fully saturated rings. The second-order valence-corrected chi connectivity index (χ2v) is 7.63. The number of hydrogen-bond donors (Lipinski definition) is 0. The van der Waals surface area contributed by atoms with Crippen LogP contribution in [0.5, 0.6) is 0 Å². The van der Waals surface area contributed by atoms with E-state index in [0.717, 1.165) is 22.3 Å². The zero-order valence-corrected chi connectivity index (χ0v) is 21.9. The zero-order chi connectivity index (χ0) is 22.0. The van der Waals surface area contributed by atoms with Gasteiger partial charge in [-0.15, -0.1) is 0 Å². The maximum atomic E-state index is 14.4. The minimum absolute atomic E-state index is 0. The minimum Gasteiger partial charge on any atom is -1.00 e. The molecule has 0 aliphatic carbocycles. The molecular weight excluding hydrogens is 507 g/mol. The largest absolute Gasteiger partial charge is 2.00 e. The van der Waals surface area contributed by atoms with Crippen LogP contribution >= 0.6 is 0 Å². The Hall–Kier alpha value is -2.11. The van der Waals surface area contributed by atoms with Crippen molar-refractivity contribution in [1.29, 1.82) is 0 Å². The van der Waals surface area contributed by atoms with E-state index in [2.05, 4.69) is 15.0 Å². The van der Waals surface area contributed by atoms with E-state index in [9.17, 15) is 8.78 Å². The number of aliphatic imine (C=N–C) groups is 2. The van der Waals surface area contributed by atoms with Crippen molar-refractivity contribution in [3.8, 4) is 0 Å². The molecule has 0 atom stereocenters. The van der Waals surface area contributed by atoms with Crippen molar-refractivity contribution in [2.75, 3.05) is 0 Å². The van der Waals surface area contributed by atoms with E-state index < -0.39 is 0 Å². The topological polar surface area (TPSA) is 37.6 Å². The summed E-state index contributed by atoms with van der Waals surface area (Å²) in [6, 6.07) is 12.2. The van der Waals surface area contributed by atoms with Crippen molar-refractivity contribution in [2.45, 2.75) is 41.5 Å². The Labute approximate surface area is 217 Å². The third-order valence-corrected chi connectivity index (χ3v) is 4.85. The molecule has 0 unspecified atom stereocenters. The van der Waals surface area contributed by atoms with Gasteiger partial charge in [0.15, 0.2) is 0 Å². The van der Waals surface area contributed by atoms with Crippen molar-refractivity contribution in [3.63, 3.8) is 0 Å². The molecule has 3 rings (SSSR count). The maximum absolute atomic E-state index is 14.4. The molecule has 8 heteroatoms. The molecule has 0 bridgehead atoms. The summed E-state index contributed by atoms with van der Waals surface area (Å²) in [5.74, 6) is -0.711. The Bertz CT molecular complexity index is 1060. The summed E-state index contributed by atoms with van der Waals surface area (Å²) in [7, 11) is 0. The van der Waals surface area contributed by atoms with Crippen molar-refractivity contribution >= 4 is 22.8 Å². The van der Waals surface area contributed by atoms with Crippen LogP contribution in [0.4, 0.5) is 20.2 Å². The van der Waals surface area contributed by atoms with Gasteiger partial charge < -0.3 is 24.8 Å². The SMILES string of the molecule is C/C(=N\c1c(C)cc(C)cc1F)c1cccc(/C(C)=N/c2c(C)cc(C)cc2F)n1.[Cl-].[Cl-].[Fe+2]. The number of nitrogens with zero attached hydrogens (tertiary/aromatic N) is 3. The number of rotatable bonds is 4. The van der Waals surface area contributed by atoms with Gasteiger partial charge in [-0.3, -0.25) is 0 Å². The van der Waals surface area contributed by atoms with Gasteiger partial charge in [-0.05, 0) is 88.1 Å². The van der Waals surface area contributed by atoms with Gasteiger partial charge in [-0.2, -0.15) is 0 Å². The van der Waals surface area contributed by atoms with E-state index in [0.29, 0.717) is 34.2 Å². The van der Waals surface area contributed by atoms with Gasteiger partial charge in [0.25, 0.3) is 0 Å². The standard InChI is InChI=1S/C25H25F2N3.2ClH.Fe/c1-14-10-16(3)24(20(26)12-14)28-18(5)22-8-7-9-23(30-22)19(6)29-25-17(4)11-15(2)13-21(25)27;;;/h7-13H,1-6H3;2*1H;/q;;;+2/p-2/b28-18+,29-19+;;;. The second-order valence-electron chi connectivity index (χ2n) is 7.63. The number of aryl methyl sites for hydroxylation is 4. The molecule has 0 spiro atoms. The van der Waals surface area contributed by atoms with Crippen LogP contribution in [-0.2, 0) is 17.1 Å². The monoisotopic (exact) mass is 531 g/mol. The van der Waals surface area contributed by atoms with Crippen LogP contribution in [0.1, 0.15) is 47.5 Å². The fourth-order valence-corrected chi connectivity index (χ4v) is 3.39. The Morgan fingerprint density at radius 1 is 0.697 bits per heavy atom. The number of halogens is 4. The number of aromatic nitrogens is 1. The zero-order valence-electron chi connectivity index (χ0n) is 19.2. The second kappa shape index (κ2) is 13.0. The first-order valence-corrected chi connectivity index (χ1v) is 9.77. The smallest absolute Gasteiger partial charge is 1.00 e. The molecule has 0 saturated carbocycles. The third-order valence-electron chi connectivity index (χ3n) is 4.85. The van der Waals surface area contributed by atoms with Crippen LogP contribution in [0.15, 0.2) is 52.4 Å². The molecule has 33 heavy (non-hydrogen) atoms. The van der Waals surface area contributed by atoms with E-state index >= 15 is 0 Å². The molecule has 3 aromatic rings. The average molecular weight is 532 g/mol. The summed E-state index contributed by atoms with van der Waals surface area (Å²) in [4.78, 5) is 13.6. The van der Waals surface area contributed by atoms with Gasteiger partial charge in [0, 0.05) is 0 Å². The molecule has 0 amide bonds. The number of benzene rings is 2. The van der Waals surface area contributed by atoms with Gasteiger partial charge >= 0.3 is 17.1 Å². The summed E-state index contributed by atoms with van der Waals surface area (Å²) in [6.07, 6.45) is 0. The normalized spacial score (nSPS) is 11.3. The van der Waals surface area contributed by atoms with Gasteiger partial charge in [-0.1, -0.05) is 18.2 Å². The maximum Gasteiger partial charge on any atom is 2.00 e. The first-order chi connectivity index (χ1) is 14.2. The summed E-state index contributed by atoms with van der Waals surface area (Å²) < 4.78 is 28.7. The number of pyridine rings is 1. The van der Waals surface area contributed by atoms with Crippen LogP contribution in [0, 0.1) is 39.3 Å². The first-order valence-electron chi connectivity index (χ1n) is 9.77. The Kier molecular flexibility index (Phi) is 12.1. The predicted molar refractivity (Wildman–Crippen MR) is 120 cm³/mol. The summed E-state index contributed by atoms with van der Waals surface area (Å²) in [6.45, 7) is 11.0. The molecule has 0 aliphatic heterocycles. The summed E-state index contributed by atoms with van der Waals surface area (Å²) >= 11 is 0. The summed E-state index contributed by atoms with van der Waals surface area (Å²) in [5.41, 5.74) is 6.28. The van der Waals surface area contributed by atoms with Crippen molar-refractivity contribution in [2.24, 2.45) is 9.98 Å². The molecular formula is C25H25Cl2F2FeN3. The minimum atomic E-state index is -0.355. The summed E-state index contributed by atoms with van der Waals surface area (Å²) in [5, 5.41) is 0. The molecule has 2 aromatic carbocycles. The van der Waals surface area contributed by atoms with Crippen LogP contribution in [0.3, 0.4) is 0 Å². The van der Waals surface area contributed by atoms with Crippen molar-refractivity contribution < 1.29 is 50.7 Å². The molecule has 1 heterocycles. The van der Waals surface area contributed by atoms with E-state index in [1.807, 2.05) is 58.0 Å². The van der Waals surface area contributed by atoms with E-state index in [4.69, 9.17) is 0 Å². The van der Waals surface area contributed by atoms with Gasteiger partial charge in [0.05, 0.1) is 22.8 Å². The average Bonchev–Trinajstić information content (AvgIpc) is 2.67. The van der Waals surface area contributed by atoms with Crippen LogP contribution in [-0.4, -0.2) is 16.4 Å². The molecule has 0 aliphatic rings. The molecule has 1 aromatic heterocycles. The molecule has 3 nitrogen and oxygen atoms in total. The fourth-order valence-electron chi connectivity index (χ4n) is 3.39. The van der Waals surface area contributed by atoms with E-state index in [-0.39, 0.29) is 53.5 Å². The number of hydrogen-bond acceptors (Lipinski definition) is 3. The van der Waals surface area contributed by atoms with Crippen molar-refractivity contribution in [3.05, 3.63) is 87.7 Å². The molecule has 0 saturated heterocycles. The van der Waals surface area contributed by atoms with Gasteiger partial charge in [0.1, 0.15) is 23.0 Å². The third kappa shape index (κ3) is 7.44. The quantitative estimate of drug-likeness (QED) is 0.364. The van der Waals surface area contributed by atoms with Gasteiger partial charge in [-0.25, -0.2) is 23.7 Å². The fraction of sp³-hybridized carbons (Fsp3) is 0.240. The van der Waals surface area contributed by atoms with Crippen LogP contribution in [0.2, 0.25) is 0 Å². The predicted octanol–water partition coefficient (Wildman–Crippen LogP) is 0.880. The molecule has 176 valence electrons. The van der Waals surface area contributed by atoms with Crippen LogP contribution < -0.4 is 24.8 Å². The van der Waals surface area contributed by atoms with E-state index in [1.165, 1.54) is 12.1 Å². The van der Waals surface area contributed by atoms with Gasteiger partial charge in [0.2, 0.25) is 0 Å². The Morgan fingerprint density at radius 3 is 1.39 bits per heavy atom.